The van der Waals surface area contributed by atoms with Crippen molar-refractivity contribution in [1.29, 1.82) is 0 Å². The lowest BCUT2D eigenvalue weighted by Crippen LogP contribution is -2.69. The van der Waals surface area contributed by atoms with Gasteiger partial charge in [-0.1, -0.05) is 0 Å². The van der Waals surface area contributed by atoms with Gasteiger partial charge in [-0.2, -0.15) is 10.2 Å². The van der Waals surface area contributed by atoms with Crippen LogP contribution in [0.1, 0.15) is 65.9 Å². The normalized spacial score (nSPS) is 19.1. The molecule has 2 fully saturated rings. The molecule has 6 heterocycles. The summed E-state index contributed by atoms with van der Waals surface area (Å²) in [6.07, 6.45) is -6.45. The minimum atomic E-state index is -4.29. The van der Waals surface area contributed by atoms with Crippen molar-refractivity contribution < 1.29 is 181 Å². The number of fused-ring (bicyclic) bond motifs is 2. The second-order valence-corrected chi connectivity index (χ2v) is 21.8. The Morgan fingerprint density at radius 1 is 0.458 bits per heavy atom. The van der Waals surface area contributed by atoms with E-state index in [0.717, 1.165) is 7.11 Å². The lowest BCUT2D eigenvalue weighted by Gasteiger charge is -2.48. The van der Waals surface area contributed by atoms with Crippen LogP contribution in [-0.4, -0.2) is 253 Å². The number of benzene rings is 4. The summed E-state index contributed by atoms with van der Waals surface area (Å²) in [5.41, 5.74) is -5.89. The molecular formula is C50H48N10O36. The van der Waals surface area contributed by atoms with E-state index in [4.69, 9.17) is 20.9 Å². The SMILES string of the molecule is COc1c(O)c(O)c(-n2nc(C(N)=O)c3c2C(=O)N(c2c(O)c(O)c(N4C(=O)C(O)(O)CC(COc5c(O)c(O)c(-n6nc(C(N)=O)c7c6C(=O)N(c6c(O)c(O)c(N8CC(O)(O)C(O)(O)CC8=O)c(O)c6O)C(O)(O)C7)c(O)c5O)C4(O)O)c(O)c2O)C(O)(O)C3)c(O)c1O. The Hall–Kier alpha value is -12.0. The maximum absolute atomic E-state index is 14.6. The van der Waals surface area contributed by atoms with Crippen LogP contribution < -0.4 is 40.5 Å². The van der Waals surface area contributed by atoms with Gasteiger partial charge in [-0.05, 0) is 0 Å². The molecule has 0 saturated carbocycles. The van der Waals surface area contributed by atoms with Crippen molar-refractivity contribution in [2.24, 2.45) is 17.4 Å². The number of nitrogens with zero attached hydrogens (tertiary/aromatic N) is 8. The summed E-state index contributed by atoms with van der Waals surface area (Å²) >= 11 is 0. The molecular weight excluding hydrogens is 1320 g/mol. The molecule has 2 saturated heterocycles. The molecule has 46 nitrogen and oxygen atoms in total. The van der Waals surface area contributed by atoms with Gasteiger partial charge in [0.15, 0.2) is 91.8 Å². The maximum atomic E-state index is 14.6. The topological polar surface area (TPSA) is 788 Å². The Labute approximate surface area is 524 Å². The van der Waals surface area contributed by atoms with E-state index < -0.39 is 302 Å². The molecule has 96 heavy (non-hydrogen) atoms. The highest BCUT2D eigenvalue weighted by Gasteiger charge is 2.62. The number of amides is 6. The zero-order chi connectivity index (χ0) is 71.9. The quantitative estimate of drug-likeness (QED) is 0.0307. The van der Waals surface area contributed by atoms with E-state index >= 15 is 0 Å². The van der Waals surface area contributed by atoms with Crippen LogP contribution in [0.4, 0.5) is 22.7 Å². The van der Waals surface area contributed by atoms with Crippen LogP contribution >= 0.6 is 0 Å². The van der Waals surface area contributed by atoms with E-state index in [1.807, 2.05) is 0 Å². The number of carbonyl (C=O) groups excluding carboxylic acids is 6. The van der Waals surface area contributed by atoms with E-state index in [1.54, 1.807) is 0 Å². The standard InChI is InChI=1S/C50H48N10O36/c1-95-38-34(74)30(70)20(31(71)35(38)75)59-14-9(12(53-59)40(51)78)4-49(91,92)57(43(14)81)18-26(66)28(68)19(29(69)27(18)67)58-44(82)45(83,84)2-8(50(58,93)94)6-96-39-36(76)32(72)21(33(73)37(39)77)60-15-10(13(54-60)41(52)79)3-48(89,90)56(42(15)80)17-24(64)22(62)16(23(63)25(17)65)55-7-47(87,88)46(85,86)5-11(55)61/h8,62-77,83-94H,2-7H2,1H3,(H2,51,78)(H2,52,79). The monoisotopic (exact) mass is 1360 g/mol. The first-order valence-corrected chi connectivity index (χ1v) is 26.1. The molecule has 2 aromatic heterocycles. The number of methoxy groups -OCH3 is 1. The summed E-state index contributed by atoms with van der Waals surface area (Å²) in [6.45, 7) is -3.38. The molecule has 514 valence electrons. The zero-order valence-corrected chi connectivity index (χ0v) is 47.3. The number of β-amino-alcohol motifs (C(OH)–C–C–N with tert-alkyl or cyclic N) is 2. The minimum absolute atomic E-state index is 0.0208. The number of aromatic nitrogens is 4. The summed E-state index contributed by atoms with van der Waals surface area (Å²) in [6, 6.07) is 0. The lowest BCUT2D eigenvalue weighted by molar-refractivity contribution is -0.354. The van der Waals surface area contributed by atoms with E-state index in [2.05, 4.69) is 10.2 Å². The number of hydrogen-bond donors (Lipinski definition) is 30. The van der Waals surface area contributed by atoms with E-state index in [-0.39, 0.29) is 14.3 Å². The second-order valence-electron chi connectivity index (χ2n) is 21.8. The Kier molecular flexibility index (Phi) is 14.7. The van der Waals surface area contributed by atoms with Crippen molar-refractivity contribution in [3.05, 3.63) is 33.9 Å². The molecule has 4 aliphatic rings. The Morgan fingerprint density at radius 2 is 0.792 bits per heavy atom. The van der Waals surface area contributed by atoms with Crippen LogP contribution in [0.25, 0.3) is 11.4 Å². The van der Waals surface area contributed by atoms with Crippen molar-refractivity contribution in [1.82, 2.24) is 19.6 Å². The molecule has 0 spiro atoms. The molecule has 4 aliphatic heterocycles. The smallest absolute Gasteiger partial charge is 0.291 e. The van der Waals surface area contributed by atoms with Crippen LogP contribution in [0.5, 0.6) is 103 Å². The fraction of sp³-hybridized carbons (Fsp3) is 0.280. The summed E-state index contributed by atoms with van der Waals surface area (Å²) in [5, 5.41) is 318. The molecule has 10 rings (SSSR count). The number of aliphatic hydroxyl groups is 12. The van der Waals surface area contributed by atoms with Gasteiger partial charge in [0.25, 0.3) is 47.3 Å². The summed E-state index contributed by atoms with van der Waals surface area (Å²) < 4.78 is 9.91. The van der Waals surface area contributed by atoms with E-state index in [9.17, 15) is 172 Å². The van der Waals surface area contributed by atoms with Gasteiger partial charge in [0.2, 0.25) is 57.8 Å². The van der Waals surface area contributed by atoms with Gasteiger partial charge in [0.1, 0.15) is 34.1 Å². The number of rotatable bonds is 12. The largest absolute Gasteiger partial charge is 0.503 e. The third-order valence-electron chi connectivity index (χ3n) is 15.8. The van der Waals surface area contributed by atoms with Crippen LogP contribution in [-0.2, 0) is 22.4 Å². The van der Waals surface area contributed by atoms with E-state index in [0.29, 0.717) is 0 Å². The molecule has 0 bridgehead atoms. The molecule has 0 radical (unpaired) electrons. The Bertz CT molecular complexity index is 4400. The number of aromatic hydroxyl groups is 16. The first-order valence-electron chi connectivity index (χ1n) is 26.1. The summed E-state index contributed by atoms with van der Waals surface area (Å²) in [5.74, 6) is -69.4. The number of primary amides is 2. The van der Waals surface area contributed by atoms with Gasteiger partial charge < -0.3 is 164 Å². The predicted molar refractivity (Wildman–Crippen MR) is 292 cm³/mol. The number of anilines is 4. The maximum Gasteiger partial charge on any atom is 0.291 e. The van der Waals surface area contributed by atoms with Gasteiger partial charge >= 0.3 is 0 Å². The number of phenols is 16. The number of phenolic OH excluding ortho intramolecular Hbond substituents is 16. The van der Waals surface area contributed by atoms with Gasteiger partial charge in [-0.3, -0.25) is 33.7 Å². The predicted octanol–water partition coefficient (Wildman–Crippen LogP) is -8.91. The zero-order valence-electron chi connectivity index (χ0n) is 47.3. The molecule has 1 atom stereocenters. The van der Waals surface area contributed by atoms with Gasteiger partial charge in [-0.15, -0.1) is 0 Å². The van der Waals surface area contributed by atoms with Crippen LogP contribution in [0.3, 0.4) is 0 Å². The average molecular weight is 1360 g/mol. The molecule has 1 unspecified atom stereocenters. The number of ether oxygens (including phenoxy) is 2. The fourth-order valence-electron chi connectivity index (χ4n) is 11.2. The number of hydrogen-bond acceptors (Lipinski definition) is 38. The molecule has 4 aromatic carbocycles. The second kappa shape index (κ2) is 21.0. The van der Waals surface area contributed by atoms with Crippen molar-refractivity contribution in [3.8, 4) is 115 Å². The minimum Gasteiger partial charge on any atom is -0.503 e. The van der Waals surface area contributed by atoms with Crippen molar-refractivity contribution in [2.75, 3.05) is 39.9 Å². The van der Waals surface area contributed by atoms with Crippen LogP contribution in [0.15, 0.2) is 0 Å². The summed E-state index contributed by atoms with van der Waals surface area (Å²) in [4.78, 5) is 79.4. The highest BCUT2D eigenvalue weighted by Crippen LogP contribution is 2.63. The van der Waals surface area contributed by atoms with Crippen LogP contribution in [0.2, 0.25) is 0 Å². The molecule has 32 N–H and O–H groups in total. The van der Waals surface area contributed by atoms with Crippen molar-refractivity contribution in [2.45, 2.75) is 60.8 Å². The lowest BCUT2D eigenvalue weighted by atomic mass is 9.88. The fourth-order valence-corrected chi connectivity index (χ4v) is 11.2. The molecule has 46 heteroatoms. The van der Waals surface area contributed by atoms with Crippen molar-refractivity contribution in [3.63, 3.8) is 0 Å². The Morgan fingerprint density at radius 3 is 1.15 bits per heavy atom. The molecule has 6 aromatic rings. The number of nitrogens with two attached hydrogens (primary N) is 2. The Balaban J connectivity index is 1.01. The van der Waals surface area contributed by atoms with Crippen LogP contribution in [0, 0.1) is 5.92 Å². The average Bonchev–Trinajstić information content (AvgIpc) is 1.24. The molecule has 6 amide bonds. The number of carbonyl (C=O) groups is 6. The third kappa shape index (κ3) is 9.12. The summed E-state index contributed by atoms with van der Waals surface area (Å²) in [7, 11) is 0.834. The van der Waals surface area contributed by atoms with Gasteiger partial charge in [0.05, 0.1) is 45.4 Å². The van der Waals surface area contributed by atoms with Gasteiger partial charge in [0, 0.05) is 17.5 Å². The van der Waals surface area contributed by atoms with Crippen molar-refractivity contribution >= 4 is 58.2 Å². The first-order chi connectivity index (χ1) is 44.1. The number of piperidine rings is 2. The third-order valence-corrected chi connectivity index (χ3v) is 15.8. The first kappa shape index (κ1) is 66.9. The van der Waals surface area contributed by atoms with E-state index in [1.165, 1.54) is 0 Å². The van der Waals surface area contributed by atoms with Gasteiger partial charge in [-0.25, -0.2) is 24.1 Å². The highest BCUT2D eigenvalue weighted by molar-refractivity contribution is 6.15. The molecule has 0 aliphatic carbocycles. The highest BCUT2D eigenvalue weighted by atomic mass is 16.6.